The van der Waals surface area contributed by atoms with E-state index in [0.29, 0.717) is 40.9 Å². The van der Waals surface area contributed by atoms with Crippen LogP contribution in [-0.4, -0.2) is 40.1 Å². The van der Waals surface area contributed by atoms with E-state index >= 15 is 0 Å². The molecule has 3 N–H and O–H groups in total. The van der Waals surface area contributed by atoms with Gasteiger partial charge in [-0.1, -0.05) is 5.16 Å². The van der Waals surface area contributed by atoms with Crippen molar-refractivity contribution in [2.24, 2.45) is 7.05 Å². The molecule has 0 amide bonds. The number of hydrogen-bond donors (Lipinski definition) is 3. The van der Waals surface area contributed by atoms with Crippen LogP contribution in [0.3, 0.4) is 0 Å². The minimum atomic E-state index is -1.12. The smallest absolute Gasteiger partial charge is 0.223 e. The largest absolute Gasteiger partial charge is 0.356 e. The van der Waals surface area contributed by atoms with Gasteiger partial charge in [0.2, 0.25) is 11.7 Å². The van der Waals surface area contributed by atoms with Crippen LogP contribution in [0, 0.1) is 18.6 Å². The molecule has 1 unspecified atom stereocenters. The van der Waals surface area contributed by atoms with E-state index in [9.17, 15) is 8.78 Å². The zero-order valence-corrected chi connectivity index (χ0v) is 20.3. The number of nitrogens with one attached hydrogen (secondary N) is 3. The number of halogens is 2. The van der Waals surface area contributed by atoms with Crippen molar-refractivity contribution >= 4 is 10.9 Å². The van der Waals surface area contributed by atoms with Gasteiger partial charge in [-0.2, -0.15) is 15.2 Å². The van der Waals surface area contributed by atoms with E-state index < -0.39 is 5.54 Å². The summed E-state index contributed by atoms with van der Waals surface area (Å²) < 4.78 is 34.8. The van der Waals surface area contributed by atoms with Crippen molar-refractivity contribution in [2.75, 3.05) is 0 Å². The Morgan fingerprint density at radius 2 is 1.89 bits per heavy atom. The van der Waals surface area contributed by atoms with E-state index in [-0.39, 0.29) is 17.7 Å². The highest BCUT2D eigenvalue weighted by Gasteiger charge is 2.50. The Labute approximate surface area is 214 Å². The van der Waals surface area contributed by atoms with Gasteiger partial charge in [0.1, 0.15) is 17.5 Å². The van der Waals surface area contributed by atoms with Crippen molar-refractivity contribution in [3.63, 3.8) is 0 Å². The third kappa shape index (κ3) is 3.37. The summed E-state index contributed by atoms with van der Waals surface area (Å²) in [6, 6.07) is 10.3. The molecule has 0 saturated heterocycles. The Morgan fingerprint density at radius 3 is 2.63 bits per heavy atom. The van der Waals surface area contributed by atoms with Gasteiger partial charge in [-0.25, -0.2) is 13.8 Å². The summed E-state index contributed by atoms with van der Waals surface area (Å²) in [4.78, 5) is 12.8. The molecule has 0 spiro atoms. The van der Waals surface area contributed by atoms with E-state index in [4.69, 9.17) is 9.51 Å². The number of aromatic amines is 2. The third-order valence-electron chi connectivity index (χ3n) is 6.98. The molecule has 1 aliphatic heterocycles. The topological polar surface area (TPSA) is 126 Å². The lowest BCUT2D eigenvalue weighted by Gasteiger charge is -2.39. The summed E-state index contributed by atoms with van der Waals surface area (Å²) in [5.41, 5.74) is 2.69. The van der Waals surface area contributed by atoms with Gasteiger partial charge < -0.3 is 9.51 Å². The van der Waals surface area contributed by atoms with Gasteiger partial charge in [0.25, 0.3) is 0 Å². The molecule has 5 heterocycles. The highest BCUT2D eigenvalue weighted by atomic mass is 19.1. The molecular weight excluding hydrogens is 492 g/mol. The van der Waals surface area contributed by atoms with Crippen LogP contribution in [0.15, 0.2) is 59.4 Å². The van der Waals surface area contributed by atoms with Crippen LogP contribution < -0.4 is 5.32 Å². The summed E-state index contributed by atoms with van der Waals surface area (Å²) in [6.45, 7) is 1.72. The molecule has 4 aromatic heterocycles. The third-order valence-corrected chi connectivity index (χ3v) is 6.98. The maximum Gasteiger partial charge on any atom is 0.223 e. The van der Waals surface area contributed by atoms with Crippen molar-refractivity contribution < 1.29 is 13.3 Å². The number of benzene rings is 2. The minimum absolute atomic E-state index is 0.335. The van der Waals surface area contributed by atoms with Gasteiger partial charge in [-0.3, -0.25) is 15.1 Å². The number of aromatic nitrogens is 8. The predicted octanol–water partition coefficient (Wildman–Crippen LogP) is 3.84. The van der Waals surface area contributed by atoms with Gasteiger partial charge in [-0.15, -0.1) is 0 Å². The first-order valence-corrected chi connectivity index (χ1v) is 12.0. The first-order chi connectivity index (χ1) is 18.4. The van der Waals surface area contributed by atoms with Gasteiger partial charge >= 0.3 is 0 Å². The molecule has 0 fully saturated rings. The average Bonchev–Trinajstić information content (AvgIpc) is 3.70. The highest BCUT2D eigenvalue weighted by Crippen LogP contribution is 2.45. The van der Waals surface area contributed by atoms with Crippen molar-refractivity contribution in [1.29, 1.82) is 0 Å². The van der Waals surface area contributed by atoms with E-state index in [0.717, 1.165) is 22.2 Å². The number of fused-ring (bicyclic) bond motifs is 3. The molecule has 0 radical (unpaired) electrons. The van der Waals surface area contributed by atoms with Gasteiger partial charge in [0, 0.05) is 42.2 Å². The standard InChI is InChI=1S/C26H21F2N9O/c1-13-30-25(36-38-13)26(15-11-29-37(2)12-15)22-19(18-8-7-17(28)9-20(18)31-22)10-21(33-26)24-32-23(34-35-24)14-3-5-16(27)6-4-14/h3-9,11-12,21,31,33H,10H2,1-2H3,(H,32,34,35)/t21-,26?/m1/s1. The minimum Gasteiger partial charge on any atom is -0.356 e. The average molecular weight is 514 g/mol. The molecule has 0 saturated carbocycles. The molecule has 6 aromatic rings. The highest BCUT2D eigenvalue weighted by molar-refractivity contribution is 5.86. The predicted molar refractivity (Wildman–Crippen MR) is 132 cm³/mol. The first-order valence-electron chi connectivity index (χ1n) is 12.0. The first kappa shape index (κ1) is 22.5. The number of nitrogens with zero attached hydrogens (tertiary/aromatic N) is 6. The summed E-state index contributed by atoms with van der Waals surface area (Å²) in [5.74, 6) is 1.10. The molecular formula is C26H21F2N9O. The van der Waals surface area contributed by atoms with Crippen LogP contribution in [0.4, 0.5) is 8.78 Å². The quantitative estimate of drug-likeness (QED) is 0.327. The van der Waals surface area contributed by atoms with Crippen LogP contribution >= 0.6 is 0 Å². The molecule has 0 bridgehead atoms. The summed E-state index contributed by atoms with van der Waals surface area (Å²) in [6.07, 6.45) is 4.13. The van der Waals surface area contributed by atoms with Crippen molar-refractivity contribution in [3.8, 4) is 11.4 Å². The van der Waals surface area contributed by atoms with Crippen molar-refractivity contribution in [3.05, 3.63) is 101 Å². The van der Waals surface area contributed by atoms with E-state index in [1.165, 1.54) is 24.3 Å². The SMILES string of the molecule is Cc1nc(C2(c3cnn(C)c3)N[C@@H](c3nc(-c4ccc(F)cc4)n[nH]3)Cc3c2[nH]c2cc(F)ccc32)no1. The van der Waals surface area contributed by atoms with Crippen LogP contribution in [0.2, 0.25) is 0 Å². The summed E-state index contributed by atoms with van der Waals surface area (Å²) in [5, 5.41) is 20.7. The second-order valence-electron chi connectivity index (χ2n) is 9.41. The Balaban J connectivity index is 1.45. The molecule has 10 nitrogen and oxygen atoms in total. The Morgan fingerprint density at radius 1 is 1.08 bits per heavy atom. The molecule has 7 rings (SSSR count). The van der Waals surface area contributed by atoms with Crippen molar-refractivity contribution in [1.82, 2.24) is 45.4 Å². The van der Waals surface area contributed by atoms with Gasteiger partial charge in [-0.05, 0) is 54.4 Å². The van der Waals surface area contributed by atoms with E-state index in [1.54, 1.807) is 36.0 Å². The molecule has 12 heteroatoms. The lowest BCUT2D eigenvalue weighted by Crippen LogP contribution is -2.51. The Bertz CT molecular complexity index is 1760. The molecule has 38 heavy (non-hydrogen) atoms. The maximum absolute atomic E-state index is 14.2. The fourth-order valence-electron chi connectivity index (χ4n) is 5.27. The van der Waals surface area contributed by atoms with Gasteiger partial charge in [0.15, 0.2) is 11.4 Å². The molecule has 0 aliphatic carbocycles. The fraction of sp³-hybridized carbons (Fsp3) is 0.192. The summed E-state index contributed by atoms with van der Waals surface area (Å²) >= 11 is 0. The van der Waals surface area contributed by atoms with Crippen LogP contribution in [0.25, 0.3) is 22.3 Å². The number of H-pyrrole nitrogens is 2. The molecule has 2 aromatic carbocycles. The molecule has 2 atom stereocenters. The fourth-order valence-corrected chi connectivity index (χ4v) is 5.27. The van der Waals surface area contributed by atoms with E-state index in [2.05, 4.69) is 35.7 Å². The number of hydrogen-bond acceptors (Lipinski definition) is 7. The lowest BCUT2D eigenvalue weighted by atomic mass is 9.79. The van der Waals surface area contributed by atoms with Gasteiger partial charge in [0.05, 0.1) is 17.9 Å². The Kier molecular flexibility index (Phi) is 4.82. The molecule has 190 valence electrons. The lowest BCUT2D eigenvalue weighted by molar-refractivity contribution is 0.317. The normalized spacial score (nSPS) is 19.2. The molecule has 1 aliphatic rings. The Hall–Kier alpha value is -4.71. The zero-order valence-electron chi connectivity index (χ0n) is 20.3. The maximum atomic E-state index is 14.2. The second kappa shape index (κ2) is 8.15. The van der Waals surface area contributed by atoms with E-state index in [1.807, 2.05) is 13.2 Å². The summed E-state index contributed by atoms with van der Waals surface area (Å²) in [7, 11) is 1.83. The van der Waals surface area contributed by atoms with Crippen LogP contribution in [-0.2, 0) is 19.0 Å². The van der Waals surface area contributed by atoms with Crippen LogP contribution in [0.1, 0.15) is 40.4 Å². The second-order valence-corrected chi connectivity index (χ2v) is 9.41. The number of rotatable bonds is 4. The zero-order chi connectivity index (χ0) is 26.0. The number of aryl methyl sites for hydroxylation is 2. The van der Waals surface area contributed by atoms with Crippen molar-refractivity contribution in [2.45, 2.75) is 24.9 Å². The monoisotopic (exact) mass is 513 g/mol. The van der Waals surface area contributed by atoms with Crippen LogP contribution in [0.5, 0.6) is 0 Å².